The van der Waals surface area contributed by atoms with Crippen LogP contribution in [0, 0.1) is 0 Å². The molecule has 0 aliphatic rings. The zero-order valence-corrected chi connectivity index (χ0v) is 17.0. The van der Waals surface area contributed by atoms with Gasteiger partial charge in [-0.2, -0.15) is 0 Å². The first-order valence-corrected chi connectivity index (χ1v) is 9.34. The molecule has 0 unspecified atom stereocenters. The lowest BCUT2D eigenvalue weighted by atomic mass is 9.96. The second-order valence-electron chi connectivity index (χ2n) is 6.49. The molecule has 3 N–H and O–H groups in total. The van der Waals surface area contributed by atoms with Crippen LogP contribution in [0.5, 0.6) is 34.5 Å². The molecular formula is C24H24O6. The smallest absolute Gasteiger partial charge is 0.170 e. The molecule has 6 heteroatoms. The summed E-state index contributed by atoms with van der Waals surface area (Å²) in [4.78, 5) is 0. The van der Waals surface area contributed by atoms with Crippen LogP contribution >= 0.6 is 0 Å². The maximum atomic E-state index is 11.0. The van der Waals surface area contributed by atoms with E-state index in [-0.39, 0.29) is 23.0 Å². The minimum Gasteiger partial charge on any atom is -0.508 e. The number of phenols is 3. The van der Waals surface area contributed by atoms with Gasteiger partial charge in [-0.25, -0.2) is 0 Å². The summed E-state index contributed by atoms with van der Waals surface area (Å²) in [6, 6.07) is 13.1. The number of allylic oxidation sites excluding steroid dienone is 1. The number of aromatic hydroxyl groups is 3. The van der Waals surface area contributed by atoms with Crippen LogP contribution in [0.25, 0.3) is 22.3 Å². The standard InChI is InChI=1S/C24H24O6/c1-4-5-12-30-20-11-8-16(13-19(20)26)22-21(28-2)14-18(24(29-3)23(22)27)15-6-9-17(25)10-7-15/h4-11,13-14,25-27H,12H2,1-3H3. The molecule has 3 aromatic rings. The van der Waals surface area contributed by atoms with Crippen LogP contribution in [-0.4, -0.2) is 36.1 Å². The molecule has 0 aromatic heterocycles. The van der Waals surface area contributed by atoms with Crippen molar-refractivity contribution < 1.29 is 29.5 Å². The Labute approximate surface area is 175 Å². The largest absolute Gasteiger partial charge is 0.508 e. The van der Waals surface area contributed by atoms with Crippen LogP contribution in [0.4, 0.5) is 0 Å². The van der Waals surface area contributed by atoms with Crippen molar-refractivity contribution in [3.05, 3.63) is 60.7 Å². The highest BCUT2D eigenvalue weighted by Crippen LogP contribution is 2.50. The van der Waals surface area contributed by atoms with Gasteiger partial charge in [0.25, 0.3) is 0 Å². The van der Waals surface area contributed by atoms with Gasteiger partial charge in [-0.15, -0.1) is 0 Å². The maximum absolute atomic E-state index is 11.0. The summed E-state index contributed by atoms with van der Waals surface area (Å²) in [5.41, 5.74) is 2.26. The molecule has 0 atom stereocenters. The third-order valence-electron chi connectivity index (χ3n) is 4.64. The summed E-state index contributed by atoms with van der Waals surface area (Å²) in [5.74, 6) is 0.949. The minimum absolute atomic E-state index is 0.0555. The predicted molar refractivity (Wildman–Crippen MR) is 116 cm³/mol. The number of phenolic OH excluding ortho intramolecular Hbond substituents is 3. The molecule has 0 saturated carbocycles. The van der Waals surface area contributed by atoms with Gasteiger partial charge in [0.2, 0.25) is 0 Å². The second-order valence-corrected chi connectivity index (χ2v) is 6.49. The lowest BCUT2D eigenvalue weighted by Crippen LogP contribution is -1.96. The van der Waals surface area contributed by atoms with Crippen molar-refractivity contribution >= 4 is 0 Å². The van der Waals surface area contributed by atoms with Gasteiger partial charge < -0.3 is 29.5 Å². The van der Waals surface area contributed by atoms with Crippen LogP contribution < -0.4 is 14.2 Å². The molecule has 0 radical (unpaired) electrons. The van der Waals surface area contributed by atoms with Crippen molar-refractivity contribution in [3.63, 3.8) is 0 Å². The number of ether oxygens (including phenoxy) is 3. The minimum atomic E-state index is -0.123. The molecule has 156 valence electrons. The van der Waals surface area contributed by atoms with Gasteiger partial charge in [0, 0.05) is 5.56 Å². The second kappa shape index (κ2) is 9.13. The van der Waals surface area contributed by atoms with Crippen LogP contribution in [0.1, 0.15) is 6.92 Å². The number of rotatable bonds is 7. The third kappa shape index (κ3) is 4.12. The third-order valence-corrected chi connectivity index (χ3v) is 4.64. The molecule has 3 rings (SSSR count). The number of benzene rings is 3. The number of hydrogen-bond acceptors (Lipinski definition) is 6. The van der Waals surface area contributed by atoms with Crippen molar-refractivity contribution in [2.75, 3.05) is 20.8 Å². The monoisotopic (exact) mass is 408 g/mol. The lowest BCUT2D eigenvalue weighted by molar-refractivity contribution is 0.336. The number of hydrogen-bond donors (Lipinski definition) is 3. The highest BCUT2D eigenvalue weighted by atomic mass is 16.5. The average Bonchev–Trinajstić information content (AvgIpc) is 2.75. The summed E-state index contributed by atoms with van der Waals surface area (Å²) >= 11 is 0. The number of methoxy groups -OCH3 is 2. The van der Waals surface area contributed by atoms with Gasteiger partial charge in [-0.05, 0) is 48.4 Å². The fourth-order valence-electron chi connectivity index (χ4n) is 3.16. The Morgan fingerprint density at radius 1 is 0.833 bits per heavy atom. The molecule has 30 heavy (non-hydrogen) atoms. The Morgan fingerprint density at radius 2 is 1.53 bits per heavy atom. The van der Waals surface area contributed by atoms with E-state index in [1.807, 2.05) is 19.1 Å². The van der Waals surface area contributed by atoms with Gasteiger partial charge in [0.05, 0.1) is 19.8 Å². The highest BCUT2D eigenvalue weighted by molar-refractivity contribution is 5.88. The summed E-state index contributed by atoms with van der Waals surface area (Å²) < 4.78 is 16.5. The summed E-state index contributed by atoms with van der Waals surface area (Å²) in [7, 11) is 2.96. The van der Waals surface area contributed by atoms with Crippen LogP contribution in [0.15, 0.2) is 60.7 Å². The molecule has 0 amide bonds. The van der Waals surface area contributed by atoms with Crippen LogP contribution in [0.3, 0.4) is 0 Å². The van der Waals surface area contributed by atoms with E-state index in [1.54, 1.807) is 42.5 Å². The normalized spacial score (nSPS) is 10.9. The zero-order chi connectivity index (χ0) is 21.7. The first kappa shape index (κ1) is 20.9. The SMILES string of the molecule is CC=CCOc1ccc(-c2c(OC)cc(-c3ccc(O)cc3)c(OC)c2O)cc1O. The van der Waals surface area contributed by atoms with Crippen molar-refractivity contribution in [3.8, 4) is 56.8 Å². The first-order chi connectivity index (χ1) is 14.5. The van der Waals surface area contributed by atoms with Crippen molar-refractivity contribution in [2.24, 2.45) is 0 Å². The van der Waals surface area contributed by atoms with Crippen molar-refractivity contribution in [2.45, 2.75) is 6.92 Å². The fraction of sp³-hybridized carbons (Fsp3) is 0.167. The summed E-state index contributed by atoms with van der Waals surface area (Å²) in [6.07, 6.45) is 3.69. The van der Waals surface area contributed by atoms with E-state index in [1.165, 1.54) is 20.3 Å². The Morgan fingerprint density at radius 3 is 2.13 bits per heavy atom. The highest BCUT2D eigenvalue weighted by Gasteiger charge is 2.22. The molecular weight excluding hydrogens is 384 g/mol. The predicted octanol–water partition coefficient (Wildman–Crippen LogP) is 5.11. The molecule has 0 aliphatic heterocycles. The molecule has 3 aromatic carbocycles. The van der Waals surface area contributed by atoms with Gasteiger partial charge >= 0.3 is 0 Å². The van der Waals surface area contributed by atoms with E-state index >= 15 is 0 Å². The molecule has 0 saturated heterocycles. The Hall–Kier alpha value is -3.80. The molecule has 6 nitrogen and oxygen atoms in total. The van der Waals surface area contributed by atoms with Crippen LogP contribution in [-0.2, 0) is 0 Å². The quantitative estimate of drug-likeness (QED) is 0.471. The lowest BCUT2D eigenvalue weighted by Gasteiger charge is -2.18. The fourth-order valence-corrected chi connectivity index (χ4v) is 3.16. The molecule has 0 fully saturated rings. The molecule has 0 spiro atoms. The summed E-state index contributed by atoms with van der Waals surface area (Å²) in [6.45, 7) is 2.23. The van der Waals surface area contributed by atoms with Gasteiger partial charge in [-0.1, -0.05) is 30.4 Å². The van der Waals surface area contributed by atoms with Crippen LogP contribution in [0.2, 0.25) is 0 Å². The van der Waals surface area contributed by atoms with Gasteiger partial charge in [0.1, 0.15) is 18.1 Å². The molecule has 0 heterocycles. The Bertz CT molecular complexity index is 1050. The maximum Gasteiger partial charge on any atom is 0.170 e. The van der Waals surface area contributed by atoms with Gasteiger partial charge in [0.15, 0.2) is 23.0 Å². The topological polar surface area (TPSA) is 88.4 Å². The van der Waals surface area contributed by atoms with E-state index in [2.05, 4.69) is 0 Å². The van der Waals surface area contributed by atoms with E-state index in [9.17, 15) is 15.3 Å². The average molecular weight is 408 g/mol. The molecule has 0 aliphatic carbocycles. The summed E-state index contributed by atoms with van der Waals surface area (Å²) in [5, 5.41) is 30.9. The van der Waals surface area contributed by atoms with Gasteiger partial charge in [-0.3, -0.25) is 0 Å². The molecule has 0 bridgehead atoms. The van der Waals surface area contributed by atoms with E-state index in [4.69, 9.17) is 14.2 Å². The zero-order valence-electron chi connectivity index (χ0n) is 17.0. The first-order valence-electron chi connectivity index (χ1n) is 9.34. The Balaban J connectivity index is 2.11. The van der Waals surface area contributed by atoms with E-state index in [0.29, 0.717) is 34.8 Å². The van der Waals surface area contributed by atoms with E-state index in [0.717, 1.165) is 5.56 Å². The van der Waals surface area contributed by atoms with E-state index < -0.39 is 0 Å². The Kier molecular flexibility index (Phi) is 6.37. The van der Waals surface area contributed by atoms with Crippen molar-refractivity contribution in [1.29, 1.82) is 0 Å². The van der Waals surface area contributed by atoms with Crippen molar-refractivity contribution in [1.82, 2.24) is 0 Å².